The number of fused-ring (bicyclic) bond motifs is 1. The summed E-state index contributed by atoms with van der Waals surface area (Å²) in [7, 11) is 3.04. The summed E-state index contributed by atoms with van der Waals surface area (Å²) in [5, 5.41) is 0. The van der Waals surface area contributed by atoms with E-state index in [0.29, 0.717) is 22.6 Å². The van der Waals surface area contributed by atoms with Crippen LogP contribution in [-0.4, -0.2) is 43.8 Å². The number of hydrogen-bond acceptors (Lipinski definition) is 5. The number of rotatable bonds is 5. The van der Waals surface area contributed by atoms with Crippen molar-refractivity contribution >= 4 is 11.6 Å². The molecule has 0 unspecified atom stereocenters. The molecule has 1 aliphatic carbocycles. The van der Waals surface area contributed by atoms with Crippen LogP contribution < -0.4 is 9.47 Å². The Labute approximate surface area is 170 Å². The zero-order valence-electron chi connectivity index (χ0n) is 16.8. The number of allylic oxidation sites excluding steroid dienone is 2. The molecule has 0 N–H and O–H groups in total. The van der Waals surface area contributed by atoms with Crippen LogP contribution in [0.2, 0.25) is 0 Å². The SMILES string of the molecule is COc1cc2c(cc1OC)C(=O)C(=CC1CCN(Cc3ccccc3)CC1)C2=O. The van der Waals surface area contributed by atoms with Gasteiger partial charge in [0.15, 0.2) is 23.1 Å². The van der Waals surface area contributed by atoms with Crippen LogP contribution in [0.25, 0.3) is 0 Å². The molecular weight excluding hydrogens is 366 g/mol. The van der Waals surface area contributed by atoms with Gasteiger partial charge in [-0.25, -0.2) is 0 Å². The number of piperidine rings is 1. The summed E-state index contributed by atoms with van der Waals surface area (Å²) in [5.74, 6) is 0.740. The van der Waals surface area contributed by atoms with E-state index in [1.54, 1.807) is 12.1 Å². The molecule has 5 heteroatoms. The maximum Gasteiger partial charge on any atom is 0.197 e. The first-order chi connectivity index (χ1) is 14.1. The van der Waals surface area contributed by atoms with E-state index >= 15 is 0 Å². The number of methoxy groups -OCH3 is 2. The van der Waals surface area contributed by atoms with Crippen molar-refractivity contribution < 1.29 is 19.1 Å². The summed E-state index contributed by atoms with van der Waals surface area (Å²) in [4.78, 5) is 28.1. The molecule has 2 aromatic carbocycles. The fourth-order valence-electron chi connectivity index (χ4n) is 4.15. The third-order valence-corrected chi connectivity index (χ3v) is 5.79. The van der Waals surface area contributed by atoms with Gasteiger partial charge in [0.1, 0.15) is 0 Å². The van der Waals surface area contributed by atoms with Crippen LogP contribution in [-0.2, 0) is 6.54 Å². The maximum atomic E-state index is 12.9. The summed E-state index contributed by atoms with van der Waals surface area (Å²) in [6.45, 7) is 2.85. The van der Waals surface area contributed by atoms with Crippen LogP contribution in [0.4, 0.5) is 0 Å². The van der Waals surface area contributed by atoms with Gasteiger partial charge in [0.05, 0.1) is 19.8 Å². The Morgan fingerprint density at radius 1 is 0.931 bits per heavy atom. The average molecular weight is 391 g/mol. The molecule has 150 valence electrons. The van der Waals surface area contributed by atoms with Crippen LogP contribution in [0.15, 0.2) is 54.1 Å². The van der Waals surface area contributed by atoms with Gasteiger partial charge in [0, 0.05) is 17.7 Å². The maximum absolute atomic E-state index is 12.9. The highest BCUT2D eigenvalue weighted by Crippen LogP contribution is 2.37. The fraction of sp³-hybridized carbons (Fsp3) is 0.333. The number of ketones is 2. The normalized spacial score (nSPS) is 17.4. The van der Waals surface area contributed by atoms with E-state index in [0.717, 1.165) is 32.5 Å². The molecule has 0 radical (unpaired) electrons. The summed E-state index contributed by atoms with van der Waals surface area (Å²) in [5.41, 5.74) is 2.40. The Balaban J connectivity index is 1.46. The van der Waals surface area contributed by atoms with Gasteiger partial charge in [0.2, 0.25) is 0 Å². The number of carbonyl (C=O) groups excluding carboxylic acids is 2. The minimum absolute atomic E-state index is 0.210. The highest BCUT2D eigenvalue weighted by molar-refractivity contribution is 6.39. The van der Waals surface area contributed by atoms with Crippen LogP contribution in [0.5, 0.6) is 11.5 Å². The molecule has 4 rings (SSSR count). The number of hydrogen-bond donors (Lipinski definition) is 0. The molecule has 0 amide bonds. The molecule has 0 atom stereocenters. The third-order valence-electron chi connectivity index (χ3n) is 5.79. The summed E-state index contributed by atoms with van der Waals surface area (Å²) in [6, 6.07) is 13.7. The molecule has 0 aromatic heterocycles. The molecule has 5 nitrogen and oxygen atoms in total. The van der Waals surface area contributed by atoms with Crippen molar-refractivity contribution in [1.82, 2.24) is 4.90 Å². The lowest BCUT2D eigenvalue weighted by molar-refractivity contribution is 0.0986. The second-order valence-corrected chi connectivity index (χ2v) is 7.59. The van der Waals surface area contributed by atoms with Crippen molar-refractivity contribution in [2.75, 3.05) is 27.3 Å². The highest BCUT2D eigenvalue weighted by Gasteiger charge is 2.35. The minimum Gasteiger partial charge on any atom is -0.493 e. The molecule has 0 bridgehead atoms. The van der Waals surface area contributed by atoms with E-state index in [1.165, 1.54) is 19.8 Å². The second-order valence-electron chi connectivity index (χ2n) is 7.59. The second kappa shape index (κ2) is 8.21. The van der Waals surface area contributed by atoms with E-state index in [4.69, 9.17) is 9.47 Å². The van der Waals surface area contributed by atoms with Crippen molar-refractivity contribution in [1.29, 1.82) is 0 Å². The quantitative estimate of drug-likeness (QED) is 0.571. The van der Waals surface area contributed by atoms with Crippen molar-refractivity contribution in [3.63, 3.8) is 0 Å². The van der Waals surface area contributed by atoms with Gasteiger partial charge in [-0.15, -0.1) is 0 Å². The van der Waals surface area contributed by atoms with E-state index in [2.05, 4.69) is 29.2 Å². The van der Waals surface area contributed by atoms with Gasteiger partial charge < -0.3 is 9.47 Å². The van der Waals surface area contributed by atoms with Gasteiger partial charge in [-0.05, 0) is 49.5 Å². The zero-order chi connectivity index (χ0) is 20.4. The third kappa shape index (κ3) is 3.83. The van der Waals surface area contributed by atoms with Crippen LogP contribution >= 0.6 is 0 Å². The van der Waals surface area contributed by atoms with Gasteiger partial charge in [-0.2, -0.15) is 0 Å². The van der Waals surface area contributed by atoms with Crippen LogP contribution in [0.3, 0.4) is 0 Å². The van der Waals surface area contributed by atoms with Crippen LogP contribution in [0, 0.1) is 5.92 Å². The number of nitrogens with zero attached hydrogens (tertiary/aromatic N) is 1. The van der Waals surface area contributed by atoms with Crippen molar-refractivity contribution in [3.05, 3.63) is 70.8 Å². The minimum atomic E-state index is -0.210. The largest absolute Gasteiger partial charge is 0.493 e. The smallest absolute Gasteiger partial charge is 0.197 e. The zero-order valence-corrected chi connectivity index (χ0v) is 16.8. The lowest BCUT2D eigenvalue weighted by atomic mass is 9.93. The molecule has 2 aliphatic rings. The summed E-state index contributed by atoms with van der Waals surface area (Å²) in [6.07, 6.45) is 3.78. The molecule has 29 heavy (non-hydrogen) atoms. The molecule has 0 spiro atoms. The Kier molecular flexibility index (Phi) is 5.49. The van der Waals surface area contributed by atoms with Gasteiger partial charge >= 0.3 is 0 Å². The number of Topliss-reactive ketones (excluding diaryl/α,β-unsaturated/α-hetero) is 2. The topological polar surface area (TPSA) is 55.8 Å². The number of likely N-dealkylation sites (tertiary alicyclic amines) is 1. The molecule has 1 heterocycles. The van der Waals surface area contributed by atoms with Gasteiger partial charge in [-0.3, -0.25) is 14.5 Å². The molecular formula is C24H25NO4. The summed E-state index contributed by atoms with van der Waals surface area (Å²) < 4.78 is 10.6. The van der Waals surface area contributed by atoms with Gasteiger partial charge in [-0.1, -0.05) is 36.4 Å². The van der Waals surface area contributed by atoms with Crippen LogP contribution in [0.1, 0.15) is 39.1 Å². The number of benzene rings is 2. The molecule has 2 aromatic rings. The summed E-state index contributed by atoms with van der Waals surface area (Å²) >= 11 is 0. The Morgan fingerprint density at radius 2 is 1.48 bits per heavy atom. The molecule has 0 saturated carbocycles. The van der Waals surface area contributed by atoms with E-state index in [9.17, 15) is 9.59 Å². The Morgan fingerprint density at radius 3 is 2.00 bits per heavy atom. The van der Waals surface area contributed by atoms with Crippen molar-refractivity contribution in [3.8, 4) is 11.5 Å². The highest BCUT2D eigenvalue weighted by atomic mass is 16.5. The van der Waals surface area contributed by atoms with E-state index < -0.39 is 0 Å². The first kappa shape index (κ1) is 19.4. The fourth-order valence-corrected chi connectivity index (χ4v) is 4.15. The van der Waals surface area contributed by atoms with Crippen molar-refractivity contribution in [2.24, 2.45) is 5.92 Å². The molecule has 1 aliphatic heterocycles. The van der Waals surface area contributed by atoms with Crippen molar-refractivity contribution in [2.45, 2.75) is 19.4 Å². The number of ether oxygens (including phenoxy) is 2. The molecule has 1 fully saturated rings. The predicted octanol–water partition coefficient (Wildman–Crippen LogP) is 3.92. The Hall–Kier alpha value is -2.92. The van der Waals surface area contributed by atoms with E-state index in [1.807, 2.05) is 12.1 Å². The standard InChI is InChI=1S/C24H25NO4/c1-28-21-13-18-19(14-22(21)29-2)24(27)20(23(18)26)12-16-8-10-25(11-9-16)15-17-6-4-3-5-7-17/h3-7,12-14,16H,8-11,15H2,1-2H3. The van der Waals surface area contributed by atoms with E-state index in [-0.39, 0.29) is 23.1 Å². The lowest BCUT2D eigenvalue weighted by Crippen LogP contribution is -2.32. The number of carbonyl (C=O) groups is 2. The lowest BCUT2D eigenvalue weighted by Gasteiger charge is -2.30. The monoisotopic (exact) mass is 391 g/mol. The first-order valence-corrected chi connectivity index (χ1v) is 9.94. The Bertz CT molecular complexity index is 911. The molecule has 1 saturated heterocycles. The first-order valence-electron chi connectivity index (χ1n) is 9.94. The van der Waals surface area contributed by atoms with Gasteiger partial charge in [0.25, 0.3) is 0 Å². The predicted molar refractivity (Wildman–Crippen MR) is 111 cm³/mol. The average Bonchev–Trinajstić information content (AvgIpc) is 2.99.